The van der Waals surface area contributed by atoms with Crippen molar-refractivity contribution >= 4 is 5.82 Å². The number of aliphatic hydroxyl groups excluding tert-OH is 1. The van der Waals surface area contributed by atoms with Crippen LogP contribution in [0.15, 0.2) is 12.3 Å². The van der Waals surface area contributed by atoms with E-state index in [-0.39, 0.29) is 12.0 Å². The lowest BCUT2D eigenvalue weighted by Gasteiger charge is -2.29. The fourth-order valence-electron chi connectivity index (χ4n) is 1.87. The predicted molar refractivity (Wildman–Crippen MR) is 72.9 cm³/mol. The second kappa shape index (κ2) is 6.66. The van der Waals surface area contributed by atoms with E-state index >= 15 is 0 Å². The Kier molecular flexibility index (Phi) is 5.50. The summed E-state index contributed by atoms with van der Waals surface area (Å²) in [4.78, 5) is 10.7. The molecular formula is C13H24N4O. The average Bonchev–Trinajstić information content (AvgIpc) is 2.24. The number of hydrogen-bond acceptors (Lipinski definition) is 5. The van der Waals surface area contributed by atoms with Crippen molar-refractivity contribution in [3.05, 3.63) is 18.1 Å². The van der Waals surface area contributed by atoms with Gasteiger partial charge in [0.05, 0.1) is 6.54 Å². The molecule has 0 amide bonds. The lowest BCUT2D eigenvalue weighted by molar-refractivity contribution is 0.163. The van der Waals surface area contributed by atoms with Gasteiger partial charge in [-0.15, -0.1) is 0 Å². The lowest BCUT2D eigenvalue weighted by Crippen LogP contribution is -2.34. The van der Waals surface area contributed by atoms with E-state index in [1.165, 1.54) is 0 Å². The zero-order valence-electron chi connectivity index (χ0n) is 11.6. The minimum atomic E-state index is 0.204. The number of hydrogen-bond donors (Lipinski definition) is 2. The third-order valence-corrected chi connectivity index (χ3v) is 2.42. The van der Waals surface area contributed by atoms with Gasteiger partial charge in [0, 0.05) is 25.9 Å². The number of nitrogens with two attached hydrogens (primary N) is 1. The van der Waals surface area contributed by atoms with Crippen LogP contribution in [-0.4, -0.2) is 39.7 Å². The Balaban J connectivity index is 2.65. The first-order valence-corrected chi connectivity index (χ1v) is 6.31. The fraction of sp³-hybridized carbons (Fsp3) is 0.692. The number of aliphatic hydroxyl groups is 1. The first-order chi connectivity index (χ1) is 8.40. The molecule has 1 rings (SSSR count). The van der Waals surface area contributed by atoms with E-state index in [1.807, 2.05) is 0 Å². The normalized spacial score (nSPS) is 12.1. The molecule has 1 heterocycles. The topological polar surface area (TPSA) is 75.3 Å². The van der Waals surface area contributed by atoms with Crippen molar-refractivity contribution in [1.29, 1.82) is 0 Å². The van der Waals surface area contributed by atoms with E-state index in [9.17, 15) is 0 Å². The standard InChI is InChI=1S/C13H24N4O/c1-13(2,3)10-17(7-4-8-18)9-12-15-6-5-11(14)16-12/h5-6,18H,4,7-10H2,1-3H3,(H2,14,15,16). The second-order valence-corrected chi connectivity index (χ2v) is 5.75. The zero-order valence-corrected chi connectivity index (χ0v) is 11.6. The maximum absolute atomic E-state index is 8.95. The highest BCUT2D eigenvalue weighted by Gasteiger charge is 2.17. The van der Waals surface area contributed by atoms with Crippen LogP contribution in [0.3, 0.4) is 0 Å². The highest BCUT2D eigenvalue weighted by atomic mass is 16.3. The first-order valence-electron chi connectivity index (χ1n) is 6.31. The van der Waals surface area contributed by atoms with Gasteiger partial charge in [-0.2, -0.15) is 0 Å². The van der Waals surface area contributed by atoms with Gasteiger partial charge >= 0.3 is 0 Å². The SMILES string of the molecule is CC(C)(C)CN(CCCO)Cc1nccc(N)n1. The Bertz CT molecular complexity index is 362. The largest absolute Gasteiger partial charge is 0.396 e. The van der Waals surface area contributed by atoms with Gasteiger partial charge < -0.3 is 10.8 Å². The van der Waals surface area contributed by atoms with Crippen LogP contribution < -0.4 is 5.73 Å². The van der Waals surface area contributed by atoms with E-state index < -0.39 is 0 Å². The molecule has 0 fully saturated rings. The summed E-state index contributed by atoms with van der Waals surface area (Å²) < 4.78 is 0. The Morgan fingerprint density at radius 1 is 1.39 bits per heavy atom. The summed E-state index contributed by atoms with van der Waals surface area (Å²) >= 11 is 0. The number of nitrogens with zero attached hydrogens (tertiary/aromatic N) is 3. The smallest absolute Gasteiger partial charge is 0.144 e. The first kappa shape index (κ1) is 14.9. The van der Waals surface area contributed by atoms with E-state index in [0.29, 0.717) is 12.4 Å². The van der Waals surface area contributed by atoms with Crippen LogP contribution in [0.2, 0.25) is 0 Å². The summed E-state index contributed by atoms with van der Waals surface area (Å²) in [6.45, 7) is 9.23. The molecule has 0 bridgehead atoms. The van der Waals surface area contributed by atoms with E-state index in [4.69, 9.17) is 10.8 Å². The number of anilines is 1. The number of nitrogen functional groups attached to an aromatic ring is 1. The molecule has 5 nitrogen and oxygen atoms in total. The molecule has 18 heavy (non-hydrogen) atoms. The molecule has 0 unspecified atom stereocenters. The molecule has 0 atom stereocenters. The molecule has 0 saturated heterocycles. The Labute approximate surface area is 109 Å². The van der Waals surface area contributed by atoms with Gasteiger partial charge in [0.1, 0.15) is 11.6 Å². The third kappa shape index (κ3) is 5.93. The minimum Gasteiger partial charge on any atom is -0.396 e. The predicted octanol–water partition coefficient (Wildman–Crippen LogP) is 1.29. The van der Waals surface area contributed by atoms with Crippen LogP contribution in [0, 0.1) is 5.41 Å². The number of aromatic nitrogens is 2. The summed E-state index contributed by atoms with van der Waals surface area (Å²) in [6.07, 6.45) is 2.44. The molecule has 0 aliphatic heterocycles. The van der Waals surface area contributed by atoms with Crippen molar-refractivity contribution in [1.82, 2.24) is 14.9 Å². The van der Waals surface area contributed by atoms with Gasteiger partial charge in [0.2, 0.25) is 0 Å². The van der Waals surface area contributed by atoms with Crippen LogP contribution in [0.4, 0.5) is 5.82 Å². The molecule has 0 radical (unpaired) electrons. The third-order valence-electron chi connectivity index (χ3n) is 2.42. The van der Waals surface area contributed by atoms with E-state index in [0.717, 1.165) is 25.3 Å². The highest BCUT2D eigenvalue weighted by Crippen LogP contribution is 2.16. The van der Waals surface area contributed by atoms with Crippen LogP contribution in [-0.2, 0) is 6.54 Å². The Morgan fingerprint density at radius 2 is 2.11 bits per heavy atom. The summed E-state index contributed by atoms with van der Waals surface area (Å²) in [5.74, 6) is 1.23. The zero-order chi connectivity index (χ0) is 13.6. The summed E-state index contributed by atoms with van der Waals surface area (Å²) in [6, 6.07) is 1.69. The fourth-order valence-corrected chi connectivity index (χ4v) is 1.87. The maximum atomic E-state index is 8.95. The van der Waals surface area contributed by atoms with Crippen LogP contribution >= 0.6 is 0 Å². The van der Waals surface area contributed by atoms with Gasteiger partial charge in [0.25, 0.3) is 0 Å². The summed E-state index contributed by atoms with van der Waals surface area (Å²) in [5, 5.41) is 8.95. The van der Waals surface area contributed by atoms with Crippen LogP contribution in [0.25, 0.3) is 0 Å². The van der Waals surface area contributed by atoms with Gasteiger partial charge in [0.15, 0.2) is 0 Å². The summed E-state index contributed by atoms with van der Waals surface area (Å²) in [5.41, 5.74) is 5.86. The van der Waals surface area contributed by atoms with Crippen molar-refractivity contribution in [3.63, 3.8) is 0 Å². The Morgan fingerprint density at radius 3 is 2.67 bits per heavy atom. The minimum absolute atomic E-state index is 0.204. The molecule has 5 heteroatoms. The van der Waals surface area contributed by atoms with Crippen molar-refractivity contribution in [2.45, 2.75) is 33.7 Å². The second-order valence-electron chi connectivity index (χ2n) is 5.75. The van der Waals surface area contributed by atoms with Gasteiger partial charge in [-0.1, -0.05) is 20.8 Å². The molecule has 1 aromatic heterocycles. The quantitative estimate of drug-likeness (QED) is 0.798. The maximum Gasteiger partial charge on any atom is 0.144 e. The van der Waals surface area contributed by atoms with E-state index in [1.54, 1.807) is 12.3 Å². The molecule has 3 N–H and O–H groups in total. The van der Waals surface area contributed by atoms with Gasteiger partial charge in [-0.25, -0.2) is 9.97 Å². The molecular weight excluding hydrogens is 228 g/mol. The molecule has 0 saturated carbocycles. The van der Waals surface area contributed by atoms with Gasteiger partial charge in [-0.3, -0.25) is 4.90 Å². The van der Waals surface area contributed by atoms with Crippen molar-refractivity contribution in [2.75, 3.05) is 25.4 Å². The Hall–Kier alpha value is -1.20. The molecule has 0 aromatic carbocycles. The van der Waals surface area contributed by atoms with Gasteiger partial charge in [-0.05, 0) is 17.9 Å². The molecule has 0 aliphatic rings. The molecule has 1 aromatic rings. The summed E-state index contributed by atoms with van der Waals surface area (Å²) in [7, 11) is 0. The highest BCUT2D eigenvalue weighted by molar-refractivity contribution is 5.24. The average molecular weight is 252 g/mol. The lowest BCUT2D eigenvalue weighted by atomic mass is 9.96. The van der Waals surface area contributed by atoms with Crippen LogP contribution in [0.5, 0.6) is 0 Å². The van der Waals surface area contributed by atoms with Crippen molar-refractivity contribution in [3.8, 4) is 0 Å². The molecule has 0 spiro atoms. The van der Waals surface area contributed by atoms with Crippen molar-refractivity contribution < 1.29 is 5.11 Å². The van der Waals surface area contributed by atoms with Crippen LogP contribution in [0.1, 0.15) is 33.0 Å². The molecule has 0 aliphatic carbocycles. The number of rotatable bonds is 6. The van der Waals surface area contributed by atoms with Crippen molar-refractivity contribution in [2.24, 2.45) is 5.41 Å². The monoisotopic (exact) mass is 252 g/mol. The van der Waals surface area contributed by atoms with E-state index in [2.05, 4.69) is 35.6 Å². The molecule has 102 valence electrons.